The van der Waals surface area contributed by atoms with Crippen LogP contribution in [-0.2, 0) is 6.54 Å². The average Bonchev–Trinajstić information content (AvgIpc) is 2.92. The first kappa shape index (κ1) is 16.8. The zero-order chi connectivity index (χ0) is 18.3. The number of carbonyl (C=O) groups is 1. The number of hydrogen-bond acceptors (Lipinski definition) is 5. The molecule has 0 N–H and O–H groups in total. The summed E-state index contributed by atoms with van der Waals surface area (Å²) in [6.07, 6.45) is 5.15. The van der Waals surface area contributed by atoms with Crippen molar-refractivity contribution in [3.8, 4) is 11.5 Å². The number of pyridine rings is 1. The summed E-state index contributed by atoms with van der Waals surface area (Å²) in [6, 6.07) is 5.62. The molecule has 0 saturated heterocycles. The molecule has 0 spiro atoms. The minimum atomic E-state index is -0.0799. The molecule has 5 heteroatoms. The molecule has 2 aromatic rings. The molecule has 0 amide bonds. The fourth-order valence-corrected chi connectivity index (χ4v) is 3.54. The highest BCUT2D eigenvalue weighted by Crippen LogP contribution is 2.43. The zero-order valence-electron chi connectivity index (χ0n) is 15.3. The first-order chi connectivity index (χ1) is 12.5. The second-order valence-corrected chi connectivity index (χ2v) is 7.27. The van der Waals surface area contributed by atoms with E-state index in [2.05, 4.69) is 23.7 Å². The minimum Gasteiger partial charge on any atom is -0.477 e. The summed E-state index contributed by atoms with van der Waals surface area (Å²) in [5.74, 6) is 2.29. The quantitative estimate of drug-likeness (QED) is 0.788. The number of Topliss-reactive ketones (excluding diaryl/α,β-unsaturated/α-hetero) is 1. The lowest BCUT2D eigenvalue weighted by Crippen LogP contribution is -2.35. The van der Waals surface area contributed by atoms with E-state index in [0.29, 0.717) is 29.7 Å². The number of ether oxygens (including phenoxy) is 2. The highest BCUT2D eigenvalue weighted by Gasteiger charge is 2.33. The molecule has 3 heterocycles. The number of ketones is 1. The monoisotopic (exact) mass is 350 g/mol. The standard InChI is InChI=1S/C21H22N2O3/c1-13(2)10-23-11-16-9-17-19(24)18(8-15-4-6-22-7-5-15)26-21(17)14(3)20(16)25-12-23/h4-9,13H,10-12H2,1-3H3/b18-8-. The van der Waals surface area contributed by atoms with E-state index < -0.39 is 0 Å². The van der Waals surface area contributed by atoms with Crippen LogP contribution in [-0.4, -0.2) is 28.9 Å². The average molecular weight is 350 g/mol. The van der Waals surface area contributed by atoms with Crippen molar-refractivity contribution >= 4 is 11.9 Å². The fourth-order valence-electron chi connectivity index (χ4n) is 3.54. The molecule has 2 aliphatic heterocycles. The molecule has 0 aliphatic carbocycles. The Labute approximate surface area is 153 Å². The fraction of sp³-hybridized carbons (Fsp3) is 0.333. The second-order valence-electron chi connectivity index (χ2n) is 7.27. The van der Waals surface area contributed by atoms with Gasteiger partial charge in [0, 0.05) is 36.6 Å². The Morgan fingerprint density at radius 3 is 2.77 bits per heavy atom. The molecule has 26 heavy (non-hydrogen) atoms. The maximum absolute atomic E-state index is 12.8. The summed E-state index contributed by atoms with van der Waals surface area (Å²) in [6.45, 7) is 8.66. The zero-order valence-corrected chi connectivity index (χ0v) is 15.3. The summed E-state index contributed by atoms with van der Waals surface area (Å²) >= 11 is 0. The Morgan fingerprint density at radius 1 is 1.27 bits per heavy atom. The van der Waals surface area contributed by atoms with Gasteiger partial charge in [-0.1, -0.05) is 13.8 Å². The number of carbonyl (C=O) groups excluding carboxylic acids is 1. The molecule has 1 aromatic carbocycles. The normalized spacial score (nSPS) is 17.8. The van der Waals surface area contributed by atoms with Crippen LogP contribution in [0.25, 0.3) is 6.08 Å². The van der Waals surface area contributed by atoms with Crippen LogP contribution in [0.3, 0.4) is 0 Å². The van der Waals surface area contributed by atoms with Gasteiger partial charge in [0.25, 0.3) is 0 Å². The van der Waals surface area contributed by atoms with Crippen LogP contribution in [0.5, 0.6) is 11.5 Å². The van der Waals surface area contributed by atoms with Gasteiger partial charge >= 0.3 is 0 Å². The molecule has 134 valence electrons. The van der Waals surface area contributed by atoms with Crippen molar-refractivity contribution in [2.24, 2.45) is 5.92 Å². The molecule has 5 nitrogen and oxygen atoms in total. The van der Waals surface area contributed by atoms with Crippen molar-refractivity contribution in [1.29, 1.82) is 0 Å². The van der Waals surface area contributed by atoms with Gasteiger partial charge in [0.2, 0.25) is 5.78 Å². The van der Waals surface area contributed by atoms with Crippen molar-refractivity contribution in [2.45, 2.75) is 27.3 Å². The topological polar surface area (TPSA) is 51.7 Å². The minimum absolute atomic E-state index is 0.0799. The van der Waals surface area contributed by atoms with Gasteiger partial charge in [-0.3, -0.25) is 14.7 Å². The molecule has 0 atom stereocenters. The van der Waals surface area contributed by atoms with Crippen LogP contribution < -0.4 is 9.47 Å². The first-order valence-corrected chi connectivity index (χ1v) is 8.89. The van der Waals surface area contributed by atoms with Crippen molar-refractivity contribution < 1.29 is 14.3 Å². The summed E-state index contributed by atoms with van der Waals surface area (Å²) in [5, 5.41) is 0. The predicted octanol–water partition coefficient (Wildman–Crippen LogP) is 3.81. The lowest BCUT2D eigenvalue weighted by atomic mass is 9.99. The van der Waals surface area contributed by atoms with E-state index in [0.717, 1.165) is 35.5 Å². The Morgan fingerprint density at radius 2 is 2.04 bits per heavy atom. The van der Waals surface area contributed by atoms with Gasteiger partial charge < -0.3 is 9.47 Å². The number of hydrogen-bond donors (Lipinski definition) is 0. The number of aromatic nitrogens is 1. The van der Waals surface area contributed by atoms with Gasteiger partial charge in [-0.25, -0.2) is 0 Å². The molecule has 1 aromatic heterocycles. The Hall–Kier alpha value is -2.66. The summed E-state index contributed by atoms with van der Waals surface area (Å²) in [7, 11) is 0. The molecule has 4 rings (SSSR count). The van der Waals surface area contributed by atoms with Crippen LogP contribution in [0.2, 0.25) is 0 Å². The van der Waals surface area contributed by atoms with Gasteiger partial charge in [-0.05, 0) is 42.7 Å². The SMILES string of the molecule is Cc1c2c(cc3c1O/C(=C\c1ccncc1)C3=O)CN(CC(C)C)CO2. The maximum atomic E-state index is 12.8. The number of fused-ring (bicyclic) bond motifs is 2. The van der Waals surface area contributed by atoms with Crippen molar-refractivity contribution in [3.05, 3.63) is 58.6 Å². The van der Waals surface area contributed by atoms with Gasteiger partial charge in [0.05, 0.1) is 5.56 Å². The highest BCUT2D eigenvalue weighted by molar-refractivity contribution is 6.15. The van der Waals surface area contributed by atoms with Crippen molar-refractivity contribution in [1.82, 2.24) is 9.88 Å². The number of nitrogens with zero attached hydrogens (tertiary/aromatic N) is 2. The molecule has 0 fully saturated rings. The van der Waals surface area contributed by atoms with Gasteiger partial charge in [-0.2, -0.15) is 0 Å². The first-order valence-electron chi connectivity index (χ1n) is 8.89. The molecular formula is C21H22N2O3. The van der Waals surface area contributed by atoms with E-state index in [4.69, 9.17) is 9.47 Å². The Bertz CT molecular complexity index is 888. The van der Waals surface area contributed by atoms with Crippen LogP contribution in [0, 0.1) is 12.8 Å². The van der Waals surface area contributed by atoms with Gasteiger partial charge in [0.1, 0.15) is 18.2 Å². The molecule has 0 saturated carbocycles. The predicted molar refractivity (Wildman–Crippen MR) is 99.1 cm³/mol. The van der Waals surface area contributed by atoms with E-state index in [-0.39, 0.29) is 5.78 Å². The van der Waals surface area contributed by atoms with E-state index in [1.807, 2.05) is 25.1 Å². The highest BCUT2D eigenvalue weighted by atomic mass is 16.5. The third-order valence-corrected chi connectivity index (χ3v) is 4.63. The van der Waals surface area contributed by atoms with Gasteiger partial charge in [0.15, 0.2) is 5.76 Å². The van der Waals surface area contributed by atoms with E-state index in [9.17, 15) is 4.79 Å². The van der Waals surface area contributed by atoms with Crippen LogP contribution in [0.4, 0.5) is 0 Å². The second kappa shape index (κ2) is 6.57. The van der Waals surface area contributed by atoms with Crippen LogP contribution in [0.15, 0.2) is 36.4 Å². The van der Waals surface area contributed by atoms with E-state index in [1.165, 1.54) is 0 Å². The molecule has 0 bridgehead atoms. The lowest BCUT2D eigenvalue weighted by Gasteiger charge is -2.31. The van der Waals surface area contributed by atoms with Crippen LogP contribution >= 0.6 is 0 Å². The summed E-state index contributed by atoms with van der Waals surface area (Å²) < 4.78 is 11.9. The van der Waals surface area contributed by atoms with E-state index >= 15 is 0 Å². The van der Waals surface area contributed by atoms with Gasteiger partial charge in [-0.15, -0.1) is 0 Å². The number of benzene rings is 1. The summed E-state index contributed by atoms with van der Waals surface area (Å²) in [5.41, 5.74) is 3.46. The molecule has 0 radical (unpaired) electrons. The summed E-state index contributed by atoms with van der Waals surface area (Å²) in [4.78, 5) is 19.1. The lowest BCUT2D eigenvalue weighted by molar-refractivity contribution is 0.0835. The number of allylic oxidation sites excluding steroid dienone is 1. The van der Waals surface area contributed by atoms with Crippen molar-refractivity contribution in [2.75, 3.05) is 13.3 Å². The largest absolute Gasteiger partial charge is 0.477 e. The smallest absolute Gasteiger partial charge is 0.231 e. The van der Waals surface area contributed by atoms with E-state index in [1.54, 1.807) is 18.5 Å². The van der Waals surface area contributed by atoms with Crippen LogP contribution in [0.1, 0.15) is 40.9 Å². The molecule has 0 unspecified atom stereocenters. The molecular weight excluding hydrogens is 328 g/mol. The third kappa shape index (κ3) is 2.99. The Kier molecular flexibility index (Phi) is 4.24. The maximum Gasteiger partial charge on any atom is 0.231 e. The third-order valence-electron chi connectivity index (χ3n) is 4.63. The Balaban J connectivity index is 1.68. The number of rotatable bonds is 3. The van der Waals surface area contributed by atoms with Crippen molar-refractivity contribution in [3.63, 3.8) is 0 Å². The molecule has 2 aliphatic rings.